The number of benzene rings is 6. The summed E-state index contributed by atoms with van der Waals surface area (Å²) in [5.74, 6) is 3.30. The number of aryl methyl sites for hydroxylation is 6. The Morgan fingerprint density at radius 1 is 0.463 bits per heavy atom. The van der Waals surface area contributed by atoms with E-state index in [1.54, 1.807) is 0 Å². The molecule has 0 aliphatic rings. The first kappa shape index (κ1) is 39.3. The van der Waals surface area contributed by atoms with Crippen molar-refractivity contribution in [3.05, 3.63) is 171 Å². The molecule has 6 rings (SSSR count). The number of hydrogen-bond donors (Lipinski definition) is 0. The van der Waals surface area contributed by atoms with Crippen LogP contribution < -0.4 is 24.2 Å². The summed E-state index contributed by atoms with van der Waals surface area (Å²) in [6.07, 6.45) is 0.819. The maximum absolute atomic E-state index is 7.41. The molecule has 0 aromatic heterocycles. The molecule has 3 nitrogen and oxygen atoms in total. The van der Waals surface area contributed by atoms with E-state index in [0.29, 0.717) is 11.8 Å². The van der Waals surface area contributed by atoms with Gasteiger partial charge in [-0.15, -0.1) is 0 Å². The lowest BCUT2D eigenvalue weighted by molar-refractivity contribution is 0.494. The van der Waals surface area contributed by atoms with E-state index in [-0.39, 0.29) is 0 Å². The summed E-state index contributed by atoms with van der Waals surface area (Å²) in [4.78, 5) is 0. The van der Waals surface area contributed by atoms with Gasteiger partial charge in [-0.1, -0.05) is 124 Å². The summed E-state index contributed by atoms with van der Waals surface area (Å²) in [5.41, 5.74) is 12.9. The highest BCUT2D eigenvalue weighted by Gasteiger charge is 2.27. The predicted octanol–water partition coefficient (Wildman–Crippen LogP) is 13.8. The number of hydrogen-bond acceptors (Lipinski definition) is 3. The van der Waals surface area contributed by atoms with Crippen molar-refractivity contribution in [3.8, 4) is 28.4 Å². The summed E-state index contributed by atoms with van der Waals surface area (Å²) in [5, 5.41) is 2.23. The standard InChI is InChI=1S/C49H54O3P2/c1-32(2)43-23-21-34(5)27-40(43)31-53(41-17-13-11-14-18-41)51-48-38(9)25-36(7)28-45(48)46-29-37(8)26-39(10)49(46)52-54(42-19-15-12-16-20-42)50-47-30-35(6)22-24-44(47)33(3)4/h11-30,32-33H,31H2,1-10H3/t53-,54?/m0/s1. The third-order valence-corrected chi connectivity index (χ3v) is 13.1. The van der Waals surface area contributed by atoms with Gasteiger partial charge in [-0.2, -0.15) is 0 Å². The summed E-state index contributed by atoms with van der Waals surface area (Å²) in [6, 6.07) is 43.4. The van der Waals surface area contributed by atoms with E-state index in [0.717, 1.165) is 62.1 Å². The molecule has 0 radical (unpaired) electrons. The highest BCUT2D eigenvalue weighted by atomic mass is 31.2. The average molecular weight is 753 g/mol. The molecule has 54 heavy (non-hydrogen) atoms. The highest BCUT2D eigenvalue weighted by molar-refractivity contribution is 7.60. The van der Waals surface area contributed by atoms with Crippen LogP contribution in [0.25, 0.3) is 11.1 Å². The lowest BCUT2D eigenvalue weighted by atomic mass is 9.95. The molecule has 1 unspecified atom stereocenters. The Morgan fingerprint density at radius 2 is 0.963 bits per heavy atom. The van der Waals surface area contributed by atoms with Crippen molar-refractivity contribution in [1.82, 2.24) is 0 Å². The van der Waals surface area contributed by atoms with Gasteiger partial charge in [0.05, 0.1) is 5.30 Å². The first-order valence-electron chi connectivity index (χ1n) is 19.0. The summed E-state index contributed by atoms with van der Waals surface area (Å²) < 4.78 is 21.6. The van der Waals surface area contributed by atoms with Gasteiger partial charge in [0, 0.05) is 22.6 Å². The zero-order chi connectivity index (χ0) is 38.5. The van der Waals surface area contributed by atoms with Crippen LogP contribution >= 0.6 is 16.5 Å². The van der Waals surface area contributed by atoms with Crippen LogP contribution in [0.1, 0.15) is 89.6 Å². The molecule has 6 aromatic rings. The van der Waals surface area contributed by atoms with E-state index in [4.69, 9.17) is 13.6 Å². The zero-order valence-corrected chi connectivity index (χ0v) is 35.3. The van der Waals surface area contributed by atoms with Gasteiger partial charge >= 0.3 is 8.38 Å². The Morgan fingerprint density at radius 3 is 1.52 bits per heavy atom. The Hall–Kier alpha value is -4.42. The lowest BCUT2D eigenvalue weighted by Crippen LogP contribution is -2.12. The van der Waals surface area contributed by atoms with Gasteiger partial charge in [-0.25, -0.2) is 0 Å². The molecule has 0 fully saturated rings. The SMILES string of the molecule is Cc1ccc(C(C)C)c(C[P@](Oc2c(C)cc(C)cc2-c2cc(C)cc(C)c2OP(Oc2cc(C)ccc2C(C)C)c2ccccc2)c2ccccc2)c1. The van der Waals surface area contributed by atoms with Crippen molar-refractivity contribution >= 4 is 27.1 Å². The van der Waals surface area contributed by atoms with Crippen molar-refractivity contribution < 1.29 is 13.6 Å². The molecular weight excluding hydrogens is 698 g/mol. The average Bonchev–Trinajstić information content (AvgIpc) is 3.13. The molecule has 0 N–H and O–H groups in total. The highest BCUT2D eigenvalue weighted by Crippen LogP contribution is 2.52. The summed E-state index contributed by atoms with van der Waals surface area (Å²) in [6.45, 7) is 21.9. The first-order chi connectivity index (χ1) is 25.9. The van der Waals surface area contributed by atoms with Gasteiger partial charge in [0.2, 0.25) is 0 Å². The van der Waals surface area contributed by atoms with Crippen LogP contribution in [0, 0.1) is 41.5 Å². The fourth-order valence-corrected chi connectivity index (χ4v) is 10.4. The third-order valence-electron chi connectivity index (χ3n) is 9.72. The quantitative estimate of drug-likeness (QED) is 0.110. The van der Waals surface area contributed by atoms with Crippen molar-refractivity contribution in [2.45, 2.75) is 87.2 Å². The normalized spacial score (nSPS) is 12.5. The topological polar surface area (TPSA) is 27.7 Å². The van der Waals surface area contributed by atoms with Crippen molar-refractivity contribution in [2.75, 3.05) is 0 Å². The minimum atomic E-state index is -1.56. The van der Waals surface area contributed by atoms with Crippen molar-refractivity contribution in [1.29, 1.82) is 0 Å². The minimum Gasteiger partial charge on any atom is -0.468 e. The van der Waals surface area contributed by atoms with E-state index < -0.39 is 16.5 Å². The Bertz CT molecular complexity index is 2050. The van der Waals surface area contributed by atoms with Gasteiger partial charge in [-0.3, -0.25) is 0 Å². The van der Waals surface area contributed by atoms with Gasteiger partial charge < -0.3 is 13.6 Å². The van der Waals surface area contributed by atoms with Crippen LogP contribution in [0.15, 0.2) is 121 Å². The van der Waals surface area contributed by atoms with Crippen LogP contribution in [0.3, 0.4) is 0 Å². The van der Waals surface area contributed by atoms with E-state index in [1.165, 1.54) is 33.1 Å². The largest absolute Gasteiger partial charge is 0.468 e. The molecule has 5 heteroatoms. The molecule has 0 aliphatic carbocycles. The molecule has 0 bridgehead atoms. The molecule has 0 heterocycles. The molecule has 0 amide bonds. The van der Waals surface area contributed by atoms with Crippen molar-refractivity contribution in [2.24, 2.45) is 0 Å². The zero-order valence-electron chi connectivity index (χ0n) is 33.5. The van der Waals surface area contributed by atoms with E-state index in [2.05, 4.69) is 184 Å². The van der Waals surface area contributed by atoms with E-state index >= 15 is 0 Å². The Balaban J connectivity index is 1.48. The Labute approximate surface area is 326 Å². The molecule has 0 saturated heterocycles. The summed E-state index contributed by atoms with van der Waals surface area (Å²) >= 11 is 0. The smallest absolute Gasteiger partial charge is 0.326 e. The number of rotatable bonds is 13. The third kappa shape index (κ3) is 9.26. The van der Waals surface area contributed by atoms with Gasteiger partial charge in [0.25, 0.3) is 0 Å². The van der Waals surface area contributed by atoms with Crippen LogP contribution in [0.5, 0.6) is 17.2 Å². The van der Waals surface area contributed by atoms with Gasteiger partial charge in [0.15, 0.2) is 0 Å². The Kier molecular flexibility index (Phi) is 12.6. The fraction of sp³-hybridized carbons (Fsp3) is 0.265. The second-order valence-electron chi connectivity index (χ2n) is 15.2. The predicted molar refractivity (Wildman–Crippen MR) is 233 cm³/mol. The molecule has 2 atom stereocenters. The summed E-state index contributed by atoms with van der Waals surface area (Å²) in [7, 11) is -2.64. The minimum absolute atomic E-state index is 0.302. The van der Waals surface area contributed by atoms with Gasteiger partial charge in [-0.05, 0) is 128 Å². The van der Waals surface area contributed by atoms with E-state index in [1.807, 2.05) is 6.07 Å². The molecule has 0 aliphatic heterocycles. The molecular formula is C49H54O3P2. The fourth-order valence-electron chi connectivity index (χ4n) is 7.06. The molecule has 0 spiro atoms. The van der Waals surface area contributed by atoms with Crippen LogP contribution in [0.4, 0.5) is 0 Å². The molecule has 0 saturated carbocycles. The maximum atomic E-state index is 7.41. The second kappa shape index (κ2) is 17.4. The van der Waals surface area contributed by atoms with Gasteiger partial charge in [0.1, 0.15) is 25.4 Å². The first-order valence-corrected chi connectivity index (χ1v) is 21.6. The van der Waals surface area contributed by atoms with Crippen molar-refractivity contribution in [3.63, 3.8) is 0 Å². The lowest BCUT2D eigenvalue weighted by Gasteiger charge is -2.27. The monoisotopic (exact) mass is 752 g/mol. The molecule has 6 aromatic carbocycles. The second-order valence-corrected chi connectivity index (χ2v) is 18.4. The van der Waals surface area contributed by atoms with Crippen LogP contribution in [-0.4, -0.2) is 0 Å². The van der Waals surface area contributed by atoms with E-state index in [9.17, 15) is 0 Å². The maximum Gasteiger partial charge on any atom is 0.326 e. The van der Waals surface area contributed by atoms with Crippen LogP contribution in [0.2, 0.25) is 0 Å². The molecule has 278 valence electrons. The van der Waals surface area contributed by atoms with Crippen LogP contribution in [-0.2, 0) is 6.16 Å².